The van der Waals surface area contributed by atoms with E-state index in [9.17, 15) is 4.79 Å². The summed E-state index contributed by atoms with van der Waals surface area (Å²) in [7, 11) is 0. The molecule has 106 valence electrons. The average Bonchev–Trinajstić information content (AvgIpc) is 2.75. The Morgan fingerprint density at radius 3 is 2.50 bits per heavy atom. The van der Waals surface area contributed by atoms with Crippen LogP contribution in [0.1, 0.15) is 36.0 Å². The maximum absolute atomic E-state index is 12.3. The number of hydrogen-bond acceptors (Lipinski definition) is 4. The van der Waals surface area contributed by atoms with Gasteiger partial charge in [0, 0.05) is 10.4 Å². The highest BCUT2D eigenvalue weighted by molar-refractivity contribution is 7.17. The number of benzene rings is 1. The van der Waals surface area contributed by atoms with Gasteiger partial charge in [0.05, 0.1) is 6.10 Å². The van der Waals surface area contributed by atoms with Crippen LogP contribution >= 0.6 is 11.3 Å². The van der Waals surface area contributed by atoms with Crippen LogP contribution in [-0.4, -0.2) is 12.1 Å². The van der Waals surface area contributed by atoms with Gasteiger partial charge in [-0.15, -0.1) is 11.3 Å². The molecule has 2 rings (SSSR count). The molecule has 1 aromatic heterocycles. The van der Waals surface area contributed by atoms with Gasteiger partial charge in [-0.1, -0.05) is 37.3 Å². The van der Waals surface area contributed by atoms with Gasteiger partial charge < -0.3 is 10.5 Å². The van der Waals surface area contributed by atoms with Crippen molar-refractivity contribution in [2.24, 2.45) is 0 Å². The zero-order valence-electron chi connectivity index (χ0n) is 12.0. The SMILES string of the molecule is CCc1sc(N)c(C(=O)OC(C)C)c1-c1ccccc1. The molecule has 0 bridgehead atoms. The predicted molar refractivity (Wildman–Crippen MR) is 84.1 cm³/mol. The van der Waals surface area contributed by atoms with E-state index < -0.39 is 0 Å². The van der Waals surface area contributed by atoms with Crippen LogP contribution in [0, 0.1) is 0 Å². The smallest absolute Gasteiger partial charge is 0.342 e. The second-order valence-electron chi connectivity index (χ2n) is 4.81. The van der Waals surface area contributed by atoms with Crippen molar-refractivity contribution in [2.75, 3.05) is 5.73 Å². The number of esters is 1. The van der Waals surface area contributed by atoms with Gasteiger partial charge in [0.2, 0.25) is 0 Å². The quantitative estimate of drug-likeness (QED) is 0.861. The summed E-state index contributed by atoms with van der Waals surface area (Å²) in [5.41, 5.74) is 8.48. The first-order chi connectivity index (χ1) is 9.54. The summed E-state index contributed by atoms with van der Waals surface area (Å²) >= 11 is 1.47. The minimum Gasteiger partial charge on any atom is -0.459 e. The standard InChI is InChI=1S/C16H19NO2S/c1-4-12-13(11-8-6-5-7-9-11)14(15(17)20-12)16(18)19-10(2)3/h5-10H,4,17H2,1-3H3. The Kier molecular flexibility index (Phi) is 4.45. The van der Waals surface area contributed by atoms with Crippen LogP contribution in [0.5, 0.6) is 0 Å². The fourth-order valence-electron chi connectivity index (χ4n) is 2.13. The molecule has 0 aliphatic carbocycles. The average molecular weight is 289 g/mol. The molecule has 2 aromatic rings. The largest absolute Gasteiger partial charge is 0.459 e. The van der Waals surface area contributed by atoms with Gasteiger partial charge in [0.15, 0.2) is 0 Å². The van der Waals surface area contributed by atoms with Crippen molar-refractivity contribution < 1.29 is 9.53 Å². The van der Waals surface area contributed by atoms with Crippen molar-refractivity contribution >= 4 is 22.3 Å². The second-order valence-corrected chi connectivity index (χ2v) is 5.95. The molecule has 0 saturated carbocycles. The van der Waals surface area contributed by atoms with Gasteiger partial charge in [-0.25, -0.2) is 4.79 Å². The van der Waals surface area contributed by atoms with Gasteiger partial charge in [-0.2, -0.15) is 0 Å². The molecule has 1 aromatic carbocycles. The Morgan fingerprint density at radius 1 is 1.30 bits per heavy atom. The van der Waals surface area contributed by atoms with E-state index in [0.29, 0.717) is 10.6 Å². The number of thiophene rings is 1. The van der Waals surface area contributed by atoms with Crippen molar-refractivity contribution in [1.82, 2.24) is 0 Å². The van der Waals surface area contributed by atoms with Crippen LogP contribution in [0.25, 0.3) is 11.1 Å². The first-order valence-corrected chi connectivity index (χ1v) is 7.53. The summed E-state index contributed by atoms with van der Waals surface area (Å²) in [6.07, 6.45) is 0.684. The van der Waals surface area contributed by atoms with Gasteiger partial charge in [0.25, 0.3) is 0 Å². The van der Waals surface area contributed by atoms with Crippen LogP contribution in [0.15, 0.2) is 30.3 Å². The first kappa shape index (κ1) is 14.6. The summed E-state index contributed by atoms with van der Waals surface area (Å²) in [4.78, 5) is 13.4. The summed E-state index contributed by atoms with van der Waals surface area (Å²) < 4.78 is 5.32. The van der Waals surface area contributed by atoms with Gasteiger partial charge in [-0.3, -0.25) is 0 Å². The molecule has 0 aliphatic rings. The van der Waals surface area contributed by atoms with Crippen LogP contribution in [0.3, 0.4) is 0 Å². The summed E-state index contributed by atoms with van der Waals surface area (Å²) in [6.45, 7) is 5.74. The fourth-order valence-corrected chi connectivity index (χ4v) is 3.15. The molecule has 0 fully saturated rings. The predicted octanol–water partition coefficient (Wildman–Crippen LogP) is 4.12. The zero-order chi connectivity index (χ0) is 14.7. The Balaban J connectivity index is 2.57. The molecule has 20 heavy (non-hydrogen) atoms. The lowest BCUT2D eigenvalue weighted by Gasteiger charge is -2.10. The molecule has 3 nitrogen and oxygen atoms in total. The monoisotopic (exact) mass is 289 g/mol. The number of nitrogen functional groups attached to an aromatic ring is 1. The van der Waals surface area contributed by atoms with E-state index in [4.69, 9.17) is 10.5 Å². The van der Waals surface area contributed by atoms with Crippen LogP contribution < -0.4 is 5.73 Å². The number of anilines is 1. The number of rotatable bonds is 4. The molecule has 4 heteroatoms. The molecule has 2 N–H and O–H groups in total. The summed E-state index contributed by atoms with van der Waals surface area (Å²) in [5, 5.41) is 0.534. The third-order valence-electron chi connectivity index (χ3n) is 2.94. The third-order valence-corrected chi connectivity index (χ3v) is 4.10. The minimum absolute atomic E-state index is 0.157. The number of nitrogens with two attached hydrogens (primary N) is 1. The molecule has 0 atom stereocenters. The lowest BCUT2D eigenvalue weighted by Crippen LogP contribution is -2.13. The van der Waals surface area contributed by atoms with E-state index in [2.05, 4.69) is 6.92 Å². The van der Waals surface area contributed by atoms with E-state index in [0.717, 1.165) is 22.4 Å². The normalized spacial score (nSPS) is 10.8. The lowest BCUT2D eigenvalue weighted by molar-refractivity contribution is 0.0380. The number of carbonyl (C=O) groups is 1. The summed E-state index contributed by atoms with van der Waals surface area (Å²) in [5.74, 6) is -0.340. The molecule has 0 aliphatic heterocycles. The van der Waals surface area contributed by atoms with E-state index in [1.165, 1.54) is 11.3 Å². The molecule has 0 radical (unpaired) electrons. The highest BCUT2D eigenvalue weighted by Gasteiger charge is 2.24. The second kappa shape index (κ2) is 6.09. The highest BCUT2D eigenvalue weighted by Crippen LogP contribution is 2.39. The lowest BCUT2D eigenvalue weighted by atomic mass is 10.0. The topological polar surface area (TPSA) is 52.3 Å². The van der Waals surface area contributed by atoms with E-state index in [1.54, 1.807) is 0 Å². The maximum atomic E-state index is 12.3. The van der Waals surface area contributed by atoms with Gasteiger partial charge in [-0.05, 0) is 25.8 Å². The fraction of sp³-hybridized carbons (Fsp3) is 0.312. The third kappa shape index (κ3) is 2.85. The van der Waals surface area contributed by atoms with Crippen molar-refractivity contribution in [3.05, 3.63) is 40.8 Å². The van der Waals surface area contributed by atoms with E-state index >= 15 is 0 Å². The van der Waals surface area contributed by atoms with Crippen molar-refractivity contribution in [3.8, 4) is 11.1 Å². The molecule has 0 amide bonds. The van der Waals surface area contributed by atoms with Crippen molar-refractivity contribution in [1.29, 1.82) is 0 Å². The van der Waals surface area contributed by atoms with Crippen molar-refractivity contribution in [3.63, 3.8) is 0 Å². The molecular weight excluding hydrogens is 270 g/mol. The minimum atomic E-state index is -0.340. The number of aryl methyl sites for hydroxylation is 1. The Morgan fingerprint density at radius 2 is 1.95 bits per heavy atom. The molecule has 0 saturated heterocycles. The number of carbonyl (C=O) groups excluding carboxylic acids is 1. The molecule has 1 heterocycles. The van der Waals surface area contributed by atoms with Gasteiger partial charge in [0.1, 0.15) is 10.6 Å². The van der Waals surface area contributed by atoms with E-state index in [1.807, 2.05) is 44.2 Å². The summed E-state index contributed by atoms with van der Waals surface area (Å²) in [6, 6.07) is 9.86. The first-order valence-electron chi connectivity index (χ1n) is 6.72. The van der Waals surface area contributed by atoms with Crippen LogP contribution in [0.2, 0.25) is 0 Å². The Labute approximate surface area is 123 Å². The Bertz CT molecular complexity index is 602. The van der Waals surface area contributed by atoms with E-state index in [-0.39, 0.29) is 12.1 Å². The number of ether oxygens (including phenoxy) is 1. The van der Waals surface area contributed by atoms with Crippen LogP contribution in [-0.2, 0) is 11.2 Å². The molecular formula is C16H19NO2S. The van der Waals surface area contributed by atoms with Crippen molar-refractivity contribution in [2.45, 2.75) is 33.3 Å². The van der Waals surface area contributed by atoms with Gasteiger partial charge >= 0.3 is 5.97 Å². The highest BCUT2D eigenvalue weighted by atomic mass is 32.1. The maximum Gasteiger partial charge on any atom is 0.342 e. The Hall–Kier alpha value is -1.81. The molecule has 0 unspecified atom stereocenters. The van der Waals surface area contributed by atoms with Crippen LogP contribution in [0.4, 0.5) is 5.00 Å². The molecule has 0 spiro atoms. The zero-order valence-corrected chi connectivity index (χ0v) is 12.8. The number of hydrogen-bond donors (Lipinski definition) is 1.